The van der Waals surface area contributed by atoms with Crippen molar-refractivity contribution in [1.29, 1.82) is 0 Å². The van der Waals surface area contributed by atoms with Crippen molar-refractivity contribution in [2.24, 2.45) is 0 Å². The highest BCUT2D eigenvalue weighted by Gasteiger charge is 2.07. The van der Waals surface area contributed by atoms with Gasteiger partial charge in [-0.25, -0.2) is 9.78 Å². The SMILES string of the molecule is Cc1ccc(C)c(OCNC(=O)Nc2ccccn2)c1C. The third kappa shape index (κ3) is 3.95. The summed E-state index contributed by atoms with van der Waals surface area (Å²) in [4.78, 5) is 15.7. The molecule has 0 unspecified atom stereocenters. The molecule has 0 radical (unpaired) electrons. The Morgan fingerprint density at radius 2 is 1.90 bits per heavy atom. The lowest BCUT2D eigenvalue weighted by atomic mass is 10.1. The number of benzene rings is 1. The van der Waals surface area contributed by atoms with Crippen LogP contribution in [0, 0.1) is 20.8 Å². The minimum atomic E-state index is -0.350. The van der Waals surface area contributed by atoms with Crippen molar-refractivity contribution >= 4 is 11.8 Å². The van der Waals surface area contributed by atoms with Gasteiger partial charge in [0, 0.05) is 6.20 Å². The van der Waals surface area contributed by atoms with Crippen molar-refractivity contribution in [3.05, 3.63) is 53.2 Å². The molecular formula is C16H19N3O2. The van der Waals surface area contributed by atoms with E-state index in [2.05, 4.69) is 21.7 Å². The summed E-state index contributed by atoms with van der Waals surface area (Å²) in [5.41, 5.74) is 3.29. The average Bonchev–Trinajstić information content (AvgIpc) is 2.48. The first kappa shape index (κ1) is 14.8. The number of carbonyl (C=O) groups is 1. The Hall–Kier alpha value is -2.56. The minimum Gasteiger partial charge on any atom is -0.473 e. The highest BCUT2D eigenvalue weighted by molar-refractivity contribution is 5.87. The van der Waals surface area contributed by atoms with E-state index in [1.165, 1.54) is 0 Å². The number of aromatic nitrogens is 1. The molecule has 2 rings (SSSR count). The molecular weight excluding hydrogens is 266 g/mol. The van der Waals surface area contributed by atoms with Crippen LogP contribution in [0.4, 0.5) is 10.6 Å². The summed E-state index contributed by atoms with van der Waals surface area (Å²) in [6.07, 6.45) is 1.62. The first-order valence-corrected chi connectivity index (χ1v) is 6.73. The molecule has 0 spiro atoms. The molecule has 2 aromatic rings. The van der Waals surface area contributed by atoms with Crippen LogP contribution in [-0.2, 0) is 0 Å². The second kappa shape index (κ2) is 6.74. The van der Waals surface area contributed by atoms with Gasteiger partial charge in [-0.3, -0.25) is 5.32 Å². The molecule has 2 amide bonds. The summed E-state index contributed by atoms with van der Waals surface area (Å²) >= 11 is 0. The molecule has 5 heteroatoms. The fourth-order valence-electron chi connectivity index (χ4n) is 1.92. The fourth-order valence-corrected chi connectivity index (χ4v) is 1.92. The van der Waals surface area contributed by atoms with Gasteiger partial charge >= 0.3 is 6.03 Å². The number of pyridine rings is 1. The van der Waals surface area contributed by atoms with Crippen molar-refractivity contribution in [3.63, 3.8) is 0 Å². The number of hydrogen-bond donors (Lipinski definition) is 2. The zero-order chi connectivity index (χ0) is 15.2. The molecule has 1 aromatic heterocycles. The molecule has 0 saturated heterocycles. The Morgan fingerprint density at radius 1 is 1.14 bits per heavy atom. The number of rotatable bonds is 4. The van der Waals surface area contributed by atoms with Crippen molar-refractivity contribution in [2.75, 3.05) is 12.0 Å². The highest BCUT2D eigenvalue weighted by atomic mass is 16.5. The van der Waals surface area contributed by atoms with Gasteiger partial charge in [-0.2, -0.15) is 0 Å². The van der Waals surface area contributed by atoms with E-state index in [0.29, 0.717) is 5.82 Å². The molecule has 0 fully saturated rings. The lowest BCUT2D eigenvalue weighted by molar-refractivity contribution is 0.234. The van der Waals surface area contributed by atoms with Gasteiger partial charge in [0.05, 0.1) is 0 Å². The maximum atomic E-state index is 11.7. The molecule has 0 saturated carbocycles. The molecule has 1 heterocycles. The van der Waals surface area contributed by atoms with E-state index in [1.807, 2.05) is 26.8 Å². The monoisotopic (exact) mass is 285 g/mol. The van der Waals surface area contributed by atoms with E-state index in [1.54, 1.807) is 24.4 Å². The standard InChI is InChI=1S/C16H19N3O2/c1-11-7-8-12(2)15(13(11)3)21-10-18-16(20)19-14-6-4-5-9-17-14/h4-9H,10H2,1-3H3,(H2,17,18,19,20). The Labute approximate surface area is 124 Å². The highest BCUT2D eigenvalue weighted by Crippen LogP contribution is 2.25. The minimum absolute atomic E-state index is 0.101. The smallest absolute Gasteiger partial charge is 0.323 e. The van der Waals surface area contributed by atoms with Crippen LogP contribution in [0.3, 0.4) is 0 Å². The summed E-state index contributed by atoms with van der Waals surface area (Å²) in [7, 11) is 0. The number of anilines is 1. The van der Waals surface area contributed by atoms with Crippen molar-refractivity contribution < 1.29 is 9.53 Å². The number of nitrogens with zero attached hydrogens (tertiary/aromatic N) is 1. The van der Waals surface area contributed by atoms with Gasteiger partial charge in [0.1, 0.15) is 11.6 Å². The molecule has 21 heavy (non-hydrogen) atoms. The number of hydrogen-bond acceptors (Lipinski definition) is 3. The Bertz CT molecular complexity index is 627. The summed E-state index contributed by atoms with van der Waals surface area (Å²) in [6, 6.07) is 9.02. The number of urea groups is 1. The predicted molar refractivity (Wildman–Crippen MR) is 82.5 cm³/mol. The van der Waals surface area contributed by atoms with Gasteiger partial charge in [0.25, 0.3) is 0 Å². The van der Waals surface area contributed by atoms with Crippen LogP contribution in [0.1, 0.15) is 16.7 Å². The van der Waals surface area contributed by atoms with E-state index in [9.17, 15) is 4.79 Å². The largest absolute Gasteiger partial charge is 0.473 e. The Kier molecular flexibility index (Phi) is 4.77. The van der Waals surface area contributed by atoms with E-state index < -0.39 is 0 Å². The van der Waals surface area contributed by atoms with Gasteiger partial charge in [0.2, 0.25) is 0 Å². The number of ether oxygens (including phenoxy) is 1. The molecule has 5 nitrogen and oxygen atoms in total. The van der Waals surface area contributed by atoms with Crippen molar-refractivity contribution in [3.8, 4) is 5.75 Å². The summed E-state index contributed by atoms with van der Waals surface area (Å²) < 4.78 is 5.66. The van der Waals surface area contributed by atoms with Gasteiger partial charge in [0.15, 0.2) is 6.73 Å². The molecule has 0 atom stereocenters. The predicted octanol–water partition coefficient (Wildman–Crippen LogP) is 3.16. The molecule has 1 aromatic carbocycles. The maximum Gasteiger partial charge on any atom is 0.323 e. The Morgan fingerprint density at radius 3 is 2.62 bits per heavy atom. The topological polar surface area (TPSA) is 63.2 Å². The summed E-state index contributed by atoms with van der Waals surface area (Å²) in [5, 5.41) is 5.27. The van der Waals surface area contributed by atoms with E-state index in [-0.39, 0.29) is 12.8 Å². The third-order valence-corrected chi connectivity index (χ3v) is 3.23. The van der Waals surface area contributed by atoms with E-state index >= 15 is 0 Å². The van der Waals surface area contributed by atoms with Crippen LogP contribution in [0.2, 0.25) is 0 Å². The van der Waals surface area contributed by atoms with Crippen LogP contribution < -0.4 is 15.4 Å². The molecule has 0 aliphatic rings. The van der Waals surface area contributed by atoms with E-state index in [4.69, 9.17) is 4.74 Å². The van der Waals surface area contributed by atoms with Crippen LogP contribution in [0.25, 0.3) is 0 Å². The second-order valence-corrected chi connectivity index (χ2v) is 4.79. The zero-order valence-corrected chi connectivity index (χ0v) is 12.4. The summed E-state index contributed by atoms with van der Waals surface area (Å²) in [6.45, 7) is 6.12. The van der Waals surface area contributed by atoms with Gasteiger partial charge in [-0.1, -0.05) is 18.2 Å². The molecule has 0 aliphatic carbocycles. The van der Waals surface area contributed by atoms with E-state index in [0.717, 1.165) is 22.4 Å². The van der Waals surface area contributed by atoms with Crippen LogP contribution >= 0.6 is 0 Å². The summed E-state index contributed by atoms with van der Waals surface area (Å²) in [5.74, 6) is 1.31. The maximum absolute atomic E-state index is 11.7. The fraction of sp³-hybridized carbons (Fsp3) is 0.250. The molecule has 2 N–H and O–H groups in total. The second-order valence-electron chi connectivity index (χ2n) is 4.79. The quantitative estimate of drug-likeness (QED) is 0.848. The average molecular weight is 285 g/mol. The molecule has 0 aliphatic heterocycles. The van der Waals surface area contributed by atoms with Crippen molar-refractivity contribution in [1.82, 2.24) is 10.3 Å². The first-order valence-electron chi connectivity index (χ1n) is 6.73. The number of aryl methyl sites for hydroxylation is 2. The normalized spacial score (nSPS) is 10.0. The lowest BCUT2D eigenvalue weighted by Gasteiger charge is -2.14. The zero-order valence-electron chi connectivity index (χ0n) is 12.4. The number of nitrogens with one attached hydrogen (secondary N) is 2. The molecule has 0 bridgehead atoms. The van der Waals surface area contributed by atoms with Crippen LogP contribution in [-0.4, -0.2) is 17.7 Å². The van der Waals surface area contributed by atoms with Crippen LogP contribution in [0.5, 0.6) is 5.75 Å². The Balaban J connectivity index is 1.87. The van der Waals surface area contributed by atoms with Crippen LogP contribution in [0.15, 0.2) is 36.5 Å². The van der Waals surface area contributed by atoms with Gasteiger partial charge in [-0.05, 0) is 49.6 Å². The van der Waals surface area contributed by atoms with Crippen molar-refractivity contribution in [2.45, 2.75) is 20.8 Å². The number of carbonyl (C=O) groups excluding carboxylic acids is 1. The van der Waals surface area contributed by atoms with Gasteiger partial charge in [-0.15, -0.1) is 0 Å². The van der Waals surface area contributed by atoms with Gasteiger partial charge < -0.3 is 10.1 Å². The number of amides is 2. The lowest BCUT2D eigenvalue weighted by Crippen LogP contribution is -2.32. The third-order valence-electron chi connectivity index (χ3n) is 3.23. The first-order chi connectivity index (χ1) is 10.1. The molecule has 110 valence electrons.